The summed E-state index contributed by atoms with van der Waals surface area (Å²) in [5.41, 5.74) is 9.93. The Balaban J connectivity index is 2.11. The molecule has 0 amide bonds. The molecule has 0 bridgehead atoms. The average Bonchev–Trinajstić information content (AvgIpc) is 2.53. The summed E-state index contributed by atoms with van der Waals surface area (Å²) < 4.78 is 6.75. The van der Waals surface area contributed by atoms with Gasteiger partial charge >= 0.3 is 0 Å². The SMILES string of the molecule is Cc1ccc(N)cc1-c1cc(N2CCOCC2)c(=O)n(C)n1. The van der Waals surface area contributed by atoms with Crippen LogP contribution in [0.4, 0.5) is 11.4 Å². The van der Waals surface area contributed by atoms with Gasteiger partial charge in [-0.05, 0) is 30.7 Å². The molecule has 1 saturated heterocycles. The van der Waals surface area contributed by atoms with E-state index in [1.54, 1.807) is 7.05 Å². The number of benzene rings is 1. The van der Waals surface area contributed by atoms with Gasteiger partial charge in [0, 0.05) is 31.4 Å². The van der Waals surface area contributed by atoms with E-state index in [2.05, 4.69) is 10.00 Å². The minimum absolute atomic E-state index is 0.0905. The molecule has 0 aliphatic carbocycles. The highest BCUT2D eigenvalue weighted by molar-refractivity contribution is 5.70. The van der Waals surface area contributed by atoms with E-state index in [9.17, 15) is 4.79 Å². The van der Waals surface area contributed by atoms with E-state index in [0.717, 1.165) is 16.8 Å². The van der Waals surface area contributed by atoms with Gasteiger partial charge in [-0.25, -0.2) is 4.68 Å². The summed E-state index contributed by atoms with van der Waals surface area (Å²) in [5.74, 6) is 0. The van der Waals surface area contributed by atoms with E-state index in [-0.39, 0.29) is 5.56 Å². The molecule has 6 nitrogen and oxygen atoms in total. The maximum atomic E-state index is 12.4. The van der Waals surface area contributed by atoms with Crippen LogP contribution < -0.4 is 16.2 Å². The fourth-order valence-corrected chi connectivity index (χ4v) is 2.67. The van der Waals surface area contributed by atoms with Crippen molar-refractivity contribution in [2.45, 2.75) is 6.92 Å². The first-order valence-corrected chi connectivity index (χ1v) is 7.34. The lowest BCUT2D eigenvalue weighted by Crippen LogP contribution is -2.40. The number of nitrogens with zero attached hydrogens (tertiary/aromatic N) is 3. The first-order valence-electron chi connectivity index (χ1n) is 7.34. The molecular weight excluding hydrogens is 280 g/mol. The van der Waals surface area contributed by atoms with Gasteiger partial charge in [0.15, 0.2) is 0 Å². The maximum absolute atomic E-state index is 12.4. The lowest BCUT2D eigenvalue weighted by atomic mass is 10.0. The van der Waals surface area contributed by atoms with E-state index >= 15 is 0 Å². The van der Waals surface area contributed by atoms with E-state index < -0.39 is 0 Å². The largest absolute Gasteiger partial charge is 0.399 e. The van der Waals surface area contributed by atoms with Crippen LogP contribution in [-0.4, -0.2) is 36.1 Å². The topological polar surface area (TPSA) is 73.4 Å². The van der Waals surface area contributed by atoms with Gasteiger partial charge in [-0.1, -0.05) is 6.07 Å². The summed E-state index contributed by atoms with van der Waals surface area (Å²) in [7, 11) is 1.68. The van der Waals surface area contributed by atoms with E-state index in [1.807, 2.05) is 31.2 Å². The summed E-state index contributed by atoms with van der Waals surface area (Å²) in [4.78, 5) is 14.5. The van der Waals surface area contributed by atoms with Crippen molar-refractivity contribution < 1.29 is 4.74 Å². The molecule has 22 heavy (non-hydrogen) atoms. The number of nitrogens with two attached hydrogens (primary N) is 1. The van der Waals surface area contributed by atoms with Crippen LogP contribution in [-0.2, 0) is 11.8 Å². The molecule has 1 fully saturated rings. The molecule has 1 aromatic heterocycles. The molecule has 6 heteroatoms. The number of hydrogen-bond donors (Lipinski definition) is 1. The Morgan fingerprint density at radius 3 is 2.68 bits per heavy atom. The molecule has 2 N–H and O–H groups in total. The van der Waals surface area contributed by atoms with E-state index in [4.69, 9.17) is 10.5 Å². The maximum Gasteiger partial charge on any atom is 0.290 e. The third-order valence-corrected chi connectivity index (χ3v) is 3.93. The minimum Gasteiger partial charge on any atom is -0.399 e. The van der Waals surface area contributed by atoms with Gasteiger partial charge < -0.3 is 15.4 Å². The highest BCUT2D eigenvalue weighted by Crippen LogP contribution is 2.25. The van der Waals surface area contributed by atoms with Gasteiger partial charge in [0.25, 0.3) is 5.56 Å². The van der Waals surface area contributed by atoms with Gasteiger partial charge in [0.05, 0.1) is 18.9 Å². The van der Waals surface area contributed by atoms with Gasteiger partial charge in [0.1, 0.15) is 5.69 Å². The van der Waals surface area contributed by atoms with Crippen LogP contribution in [0.1, 0.15) is 5.56 Å². The van der Waals surface area contributed by atoms with Crippen molar-refractivity contribution in [1.82, 2.24) is 9.78 Å². The average molecular weight is 300 g/mol. The third kappa shape index (κ3) is 2.69. The molecular formula is C16H20N4O2. The zero-order valence-electron chi connectivity index (χ0n) is 12.9. The second-order valence-electron chi connectivity index (χ2n) is 5.52. The minimum atomic E-state index is -0.0905. The smallest absolute Gasteiger partial charge is 0.290 e. The van der Waals surface area contributed by atoms with Crippen LogP contribution in [0, 0.1) is 6.92 Å². The zero-order chi connectivity index (χ0) is 15.7. The lowest BCUT2D eigenvalue weighted by Gasteiger charge is -2.28. The van der Waals surface area contributed by atoms with Crippen LogP contribution in [0.15, 0.2) is 29.1 Å². The first-order chi connectivity index (χ1) is 10.6. The van der Waals surface area contributed by atoms with Crippen molar-refractivity contribution in [3.8, 4) is 11.3 Å². The molecule has 2 heterocycles. The molecule has 116 valence electrons. The summed E-state index contributed by atoms with van der Waals surface area (Å²) in [6.45, 7) is 4.72. The van der Waals surface area contributed by atoms with Crippen molar-refractivity contribution in [1.29, 1.82) is 0 Å². The van der Waals surface area contributed by atoms with Crippen LogP contribution in [0.25, 0.3) is 11.3 Å². The number of ether oxygens (including phenoxy) is 1. The van der Waals surface area contributed by atoms with Gasteiger partial charge in [0.2, 0.25) is 0 Å². The molecule has 2 aromatic rings. The van der Waals surface area contributed by atoms with Gasteiger partial charge in [-0.15, -0.1) is 0 Å². The number of aromatic nitrogens is 2. The normalized spacial score (nSPS) is 15.1. The Hall–Kier alpha value is -2.34. The molecule has 0 atom stereocenters. The number of nitrogen functional groups attached to an aromatic ring is 1. The van der Waals surface area contributed by atoms with Crippen LogP contribution in [0.5, 0.6) is 0 Å². The van der Waals surface area contributed by atoms with Crippen molar-refractivity contribution in [3.05, 3.63) is 40.2 Å². The van der Waals surface area contributed by atoms with Gasteiger partial charge in [-0.2, -0.15) is 5.10 Å². The predicted molar refractivity (Wildman–Crippen MR) is 87.1 cm³/mol. The Morgan fingerprint density at radius 1 is 1.23 bits per heavy atom. The third-order valence-electron chi connectivity index (χ3n) is 3.93. The zero-order valence-corrected chi connectivity index (χ0v) is 12.9. The molecule has 0 unspecified atom stereocenters. The number of hydrogen-bond acceptors (Lipinski definition) is 5. The lowest BCUT2D eigenvalue weighted by molar-refractivity contribution is 0.122. The number of rotatable bonds is 2. The highest BCUT2D eigenvalue weighted by Gasteiger charge is 2.18. The Morgan fingerprint density at radius 2 is 1.95 bits per heavy atom. The molecule has 1 aliphatic heterocycles. The molecule has 1 aromatic carbocycles. The van der Waals surface area contributed by atoms with Crippen molar-refractivity contribution in [2.75, 3.05) is 36.9 Å². The summed E-state index contributed by atoms with van der Waals surface area (Å²) in [5, 5.41) is 4.39. The first kappa shape index (κ1) is 14.6. The highest BCUT2D eigenvalue weighted by atomic mass is 16.5. The summed E-state index contributed by atoms with van der Waals surface area (Å²) >= 11 is 0. The van der Waals surface area contributed by atoms with Gasteiger partial charge in [-0.3, -0.25) is 4.79 Å². The molecule has 0 spiro atoms. The Bertz CT molecular complexity index is 748. The molecule has 0 saturated carbocycles. The second-order valence-corrected chi connectivity index (χ2v) is 5.52. The van der Waals surface area contributed by atoms with Crippen molar-refractivity contribution in [2.24, 2.45) is 7.05 Å². The predicted octanol–water partition coefficient (Wildman–Crippen LogP) is 1.17. The standard InChI is InChI=1S/C16H20N4O2/c1-11-3-4-12(17)9-13(11)14-10-15(16(21)19(2)18-14)20-5-7-22-8-6-20/h3-4,9-10H,5-8,17H2,1-2H3. The van der Waals surface area contributed by atoms with Crippen LogP contribution in [0.3, 0.4) is 0 Å². The summed E-state index contributed by atoms with van der Waals surface area (Å²) in [6, 6.07) is 7.58. The van der Waals surface area contributed by atoms with E-state index in [0.29, 0.717) is 37.7 Å². The number of aryl methyl sites for hydroxylation is 2. The molecule has 0 radical (unpaired) electrons. The van der Waals surface area contributed by atoms with Crippen LogP contribution >= 0.6 is 0 Å². The van der Waals surface area contributed by atoms with Crippen LogP contribution in [0.2, 0.25) is 0 Å². The van der Waals surface area contributed by atoms with E-state index in [1.165, 1.54) is 4.68 Å². The second kappa shape index (κ2) is 5.81. The number of morpholine rings is 1. The Kier molecular flexibility index (Phi) is 3.85. The quantitative estimate of drug-likeness (QED) is 0.843. The fourth-order valence-electron chi connectivity index (χ4n) is 2.67. The number of anilines is 2. The monoisotopic (exact) mass is 300 g/mol. The Labute approximate surface area is 129 Å². The van der Waals surface area contributed by atoms with Crippen molar-refractivity contribution in [3.63, 3.8) is 0 Å². The molecule has 3 rings (SSSR count). The van der Waals surface area contributed by atoms with Crippen molar-refractivity contribution >= 4 is 11.4 Å². The summed E-state index contributed by atoms with van der Waals surface area (Å²) in [6.07, 6.45) is 0. The fraction of sp³-hybridized carbons (Fsp3) is 0.375. The molecule has 1 aliphatic rings.